The van der Waals surface area contributed by atoms with Crippen LogP contribution in [0.25, 0.3) is 11.1 Å². The van der Waals surface area contributed by atoms with Crippen molar-refractivity contribution >= 4 is 18.0 Å². The first-order chi connectivity index (χ1) is 16.4. The maximum atomic E-state index is 13.0. The van der Waals surface area contributed by atoms with Crippen LogP contribution >= 0.6 is 0 Å². The molecule has 180 valence electrons. The number of amides is 2. The molecular weight excluding hydrogens is 436 g/mol. The molecule has 2 amide bonds. The zero-order chi connectivity index (χ0) is 24.2. The molecule has 1 fully saturated rings. The molecule has 2 aliphatic carbocycles. The number of carboxylic acid groups (broad SMARTS) is 1. The first kappa shape index (κ1) is 23.8. The van der Waals surface area contributed by atoms with E-state index in [1.165, 1.54) is 11.9 Å². The number of ether oxygens (including phenoxy) is 1. The van der Waals surface area contributed by atoms with Gasteiger partial charge in [0.05, 0.1) is 18.6 Å². The largest absolute Gasteiger partial charge is 0.481 e. The average molecular weight is 467 g/mol. The van der Waals surface area contributed by atoms with Gasteiger partial charge in [0.25, 0.3) is 0 Å². The molecule has 8 heteroatoms. The molecular formula is C26H30N2O6. The van der Waals surface area contributed by atoms with Crippen LogP contribution in [-0.2, 0) is 14.3 Å². The van der Waals surface area contributed by atoms with Gasteiger partial charge in [-0.15, -0.1) is 0 Å². The predicted octanol–water partition coefficient (Wildman–Crippen LogP) is 3.13. The van der Waals surface area contributed by atoms with Crippen LogP contribution in [0.1, 0.15) is 49.1 Å². The zero-order valence-electron chi connectivity index (χ0n) is 19.1. The Bertz CT molecular complexity index is 1030. The molecule has 0 saturated heterocycles. The summed E-state index contributed by atoms with van der Waals surface area (Å²) < 4.78 is 5.49. The Hall–Kier alpha value is -3.39. The third-order valence-electron chi connectivity index (χ3n) is 6.85. The number of alkyl carbamates (subject to hydrolysis) is 1. The molecule has 0 radical (unpaired) electrons. The van der Waals surface area contributed by atoms with E-state index in [4.69, 9.17) is 4.74 Å². The lowest BCUT2D eigenvalue weighted by molar-refractivity contribution is -0.144. The van der Waals surface area contributed by atoms with Gasteiger partial charge in [-0.05, 0) is 35.1 Å². The number of nitrogens with zero attached hydrogens (tertiary/aromatic N) is 1. The standard InChI is InChI=1S/C26H30N2O6/c1-28(22-12-6-7-13-23(22)29)25(32)21(14-24(30)31)27-26(33)34-15-20-18-10-4-2-8-16(18)17-9-3-5-11-19(17)20/h2-5,8-11,20-23,29H,6-7,12-15H2,1H3,(H,27,33)(H,30,31)/t21?,22-,23-/m1/s1. The zero-order valence-corrected chi connectivity index (χ0v) is 19.1. The SMILES string of the molecule is CN(C(=O)C(CC(=O)O)NC(=O)OCC1c2ccccc2-c2ccccc21)[C@@H]1CCCC[C@H]1O. The number of carboxylic acids is 1. The maximum Gasteiger partial charge on any atom is 0.407 e. The number of aliphatic hydroxyl groups excluding tert-OH is 1. The minimum absolute atomic E-state index is 0.0605. The molecule has 34 heavy (non-hydrogen) atoms. The number of rotatable bonds is 7. The molecule has 3 atom stereocenters. The third-order valence-corrected chi connectivity index (χ3v) is 6.85. The number of carbonyl (C=O) groups is 3. The molecule has 0 spiro atoms. The van der Waals surface area contributed by atoms with Crippen molar-refractivity contribution in [2.75, 3.05) is 13.7 Å². The molecule has 2 aromatic carbocycles. The first-order valence-corrected chi connectivity index (χ1v) is 11.6. The molecule has 3 N–H and O–H groups in total. The number of nitrogens with one attached hydrogen (secondary N) is 1. The fraction of sp³-hybridized carbons (Fsp3) is 0.423. The fourth-order valence-corrected chi connectivity index (χ4v) is 5.11. The highest BCUT2D eigenvalue weighted by atomic mass is 16.5. The molecule has 0 heterocycles. The van der Waals surface area contributed by atoms with Gasteiger partial charge in [0.1, 0.15) is 12.6 Å². The van der Waals surface area contributed by atoms with Crippen LogP contribution in [0.2, 0.25) is 0 Å². The Morgan fingerprint density at radius 1 is 1.03 bits per heavy atom. The van der Waals surface area contributed by atoms with Gasteiger partial charge in [-0.25, -0.2) is 4.79 Å². The summed E-state index contributed by atoms with van der Waals surface area (Å²) in [4.78, 5) is 38.4. The lowest BCUT2D eigenvalue weighted by Crippen LogP contribution is -2.54. The van der Waals surface area contributed by atoms with Gasteiger partial charge < -0.3 is 25.2 Å². The molecule has 0 bridgehead atoms. The van der Waals surface area contributed by atoms with E-state index in [1.807, 2.05) is 48.5 Å². The molecule has 2 aliphatic rings. The fourth-order valence-electron chi connectivity index (χ4n) is 5.11. The van der Waals surface area contributed by atoms with E-state index in [0.717, 1.165) is 35.1 Å². The number of hydrogen-bond donors (Lipinski definition) is 3. The second kappa shape index (κ2) is 10.3. The smallest absolute Gasteiger partial charge is 0.407 e. The summed E-state index contributed by atoms with van der Waals surface area (Å²) in [5, 5.41) is 22.0. The van der Waals surface area contributed by atoms with E-state index < -0.39 is 42.6 Å². The summed E-state index contributed by atoms with van der Waals surface area (Å²) in [5.74, 6) is -1.91. The number of fused-ring (bicyclic) bond motifs is 3. The monoisotopic (exact) mass is 466 g/mol. The quantitative estimate of drug-likeness (QED) is 0.577. The number of aliphatic carboxylic acids is 1. The van der Waals surface area contributed by atoms with E-state index in [0.29, 0.717) is 12.8 Å². The van der Waals surface area contributed by atoms with Crippen LogP contribution in [-0.4, -0.2) is 64.9 Å². The van der Waals surface area contributed by atoms with Crippen molar-refractivity contribution in [1.82, 2.24) is 10.2 Å². The average Bonchev–Trinajstić information content (AvgIpc) is 3.15. The van der Waals surface area contributed by atoms with Gasteiger partial charge in [-0.2, -0.15) is 0 Å². The van der Waals surface area contributed by atoms with Crippen molar-refractivity contribution in [3.8, 4) is 11.1 Å². The first-order valence-electron chi connectivity index (χ1n) is 11.6. The Labute approximate surface area is 198 Å². The van der Waals surface area contributed by atoms with Crippen LogP contribution in [0, 0.1) is 0 Å². The van der Waals surface area contributed by atoms with Crippen LogP contribution in [0.3, 0.4) is 0 Å². The highest BCUT2D eigenvalue weighted by Crippen LogP contribution is 2.44. The second-order valence-electron chi connectivity index (χ2n) is 8.99. The second-order valence-corrected chi connectivity index (χ2v) is 8.99. The van der Waals surface area contributed by atoms with Crippen molar-refractivity contribution in [3.05, 3.63) is 59.7 Å². The van der Waals surface area contributed by atoms with Gasteiger partial charge in [0.15, 0.2) is 0 Å². The number of likely N-dealkylation sites (N-methyl/N-ethyl adjacent to an activating group) is 1. The van der Waals surface area contributed by atoms with Crippen molar-refractivity contribution in [2.24, 2.45) is 0 Å². The molecule has 1 unspecified atom stereocenters. The van der Waals surface area contributed by atoms with Gasteiger partial charge in [-0.1, -0.05) is 61.4 Å². The van der Waals surface area contributed by atoms with Crippen LogP contribution in [0.5, 0.6) is 0 Å². The summed E-state index contributed by atoms with van der Waals surface area (Å²) in [6, 6.07) is 14.2. The van der Waals surface area contributed by atoms with Gasteiger partial charge >= 0.3 is 12.1 Å². The van der Waals surface area contributed by atoms with Gasteiger partial charge in [0, 0.05) is 13.0 Å². The summed E-state index contributed by atoms with van der Waals surface area (Å²) in [7, 11) is 1.54. The Morgan fingerprint density at radius 3 is 2.21 bits per heavy atom. The predicted molar refractivity (Wildman–Crippen MR) is 125 cm³/mol. The topological polar surface area (TPSA) is 116 Å². The lowest BCUT2D eigenvalue weighted by Gasteiger charge is -2.36. The summed E-state index contributed by atoms with van der Waals surface area (Å²) in [6.07, 6.45) is 0.899. The van der Waals surface area contributed by atoms with E-state index >= 15 is 0 Å². The van der Waals surface area contributed by atoms with E-state index in [9.17, 15) is 24.6 Å². The van der Waals surface area contributed by atoms with Crippen LogP contribution in [0.15, 0.2) is 48.5 Å². The van der Waals surface area contributed by atoms with Gasteiger partial charge in [-0.3, -0.25) is 9.59 Å². The maximum absolute atomic E-state index is 13.0. The van der Waals surface area contributed by atoms with E-state index in [2.05, 4.69) is 5.32 Å². The Morgan fingerprint density at radius 2 is 1.62 bits per heavy atom. The molecule has 1 saturated carbocycles. The van der Waals surface area contributed by atoms with Crippen molar-refractivity contribution in [2.45, 2.75) is 56.2 Å². The summed E-state index contributed by atoms with van der Waals surface area (Å²) in [5.41, 5.74) is 4.30. The van der Waals surface area contributed by atoms with E-state index in [1.54, 1.807) is 0 Å². The molecule has 2 aromatic rings. The van der Waals surface area contributed by atoms with Crippen molar-refractivity contribution in [3.63, 3.8) is 0 Å². The summed E-state index contributed by atoms with van der Waals surface area (Å²) in [6.45, 7) is 0.0605. The Kier molecular flexibility index (Phi) is 7.17. The molecule has 0 aliphatic heterocycles. The Balaban J connectivity index is 1.43. The van der Waals surface area contributed by atoms with E-state index in [-0.39, 0.29) is 12.5 Å². The normalized spacial score (nSPS) is 20.1. The van der Waals surface area contributed by atoms with Crippen molar-refractivity contribution < 1.29 is 29.3 Å². The minimum atomic E-state index is -1.28. The van der Waals surface area contributed by atoms with Crippen LogP contribution in [0.4, 0.5) is 4.79 Å². The minimum Gasteiger partial charge on any atom is -0.481 e. The molecule has 8 nitrogen and oxygen atoms in total. The summed E-state index contributed by atoms with van der Waals surface area (Å²) >= 11 is 0. The van der Waals surface area contributed by atoms with Gasteiger partial charge in [0.2, 0.25) is 5.91 Å². The highest BCUT2D eigenvalue weighted by Gasteiger charge is 2.35. The van der Waals surface area contributed by atoms with Crippen molar-refractivity contribution in [1.29, 1.82) is 0 Å². The number of benzene rings is 2. The third kappa shape index (κ3) is 4.92. The van der Waals surface area contributed by atoms with Crippen LogP contribution < -0.4 is 5.32 Å². The lowest BCUT2D eigenvalue weighted by atomic mass is 9.91. The number of aliphatic hydroxyl groups is 1. The highest BCUT2D eigenvalue weighted by molar-refractivity contribution is 5.89. The molecule has 0 aromatic heterocycles. The number of hydrogen-bond acceptors (Lipinski definition) is 5. The molecule has 4 rings (SSSR count). The number of carbonyl (C=O) groups excluding carboxylic acids is 2.